The van der Waals surface area contributed by atoms with Crippen molar-refractivity contribution in [3.8, 4) is 0 Å². The Morgan fingerprint density at radius 2 is 1.92 bits per heavy atom. The first-order valence-corrected chi connectivity index (χ1v) is 4.64. The largest absolute Gasteiger partial charge is 0.481 e. The van der Waals surface area contributed by atoms with E-state index in [2.05, 4.69) is 20.8 Å². The average Bonchev–Trinajstić information content (AvgIpc) is 2.30. The standard InChI is InChI=1S/C10H18O2/c1-10(2,3)8-5-4-7(6-8)9(11)12/h7-8H,4-6H2,1-3H3,(H,11,12)/t7-,8-/m1/s1. The lowest BCUT2D eigenvalue weighted by atomic mass is 9.79. The van der Waals surface area contributed by atoms with Crippen LogP contribution in [0, 0.1) is 17.3 Å². The molecule has 0 radical (unpaired) electrons. The van der Waals surface area contributed by atoms with Crippen LogP contribution in [0.3, 0.4) is 0 Å². The number of aliphatic carboxylic acids is 1. The Bertz CT molecular complexity index is 179. The highest BCUT2D eigenvalue weighted by Crippen LogP contribution is 2.41. The first kappa shape index (κ1) is 9.56. The Labute approximate surface area is 74.0 Å². The van der Waals surface area contributed by atoms with Gasteiger partial charge < -0.3 is 5.11 Å². The number of hydrogen-bond donors (Lipinski definition) is 1. The first-order valence-electron chi connectivity index (χ1n) is 4.64. The number of hydrogen-bond acceptors (Lipinski definition) is 1. The van der Waals surface area contributed by atoms with Crippen molar-refractivity contribution in [2.45, 2.75) is 40.0 Å². The highest BCUT2D eigenvalue weighted by molar-refractivity contribution is 5.70. The van der Waals surface area contributed by atoms with Crippen molar-refractivity contribution in [2.24, 2.45) is 17.3 Å². The lowest BCUT2D eigenvalue weighted by molar-refractivity contribution is -0.141. The van der Waals surface area contributed by atoms with E-state index in [-0.39, 0.29) is 11.3 Å². The molecule has 2 atom stereocenters. The number of carboxylic acid groups (broad SMARTS) is 1. The quantitative estimate of drug-likeness (QED) is 0.656. The predicted molar refractivity (Wildman–Crippen MR) is 47.9 cm³/mol. The third-order valence-electron chi connectivity index (χ3n) is 3.01. The van der Waals surface area contributed by atoms with Crippen molar-refractivity contribution < 1.29 is 9.90 Å². The van der Waals surface area contributed by atoms with E-state index in [1.165, 1.54) is 0 Å². The molecule has 1 N–H and O–H groups in total. The summed E-state index contributed by atoms with van der Waals surface area (Å²) in [4.78, 5) is 10.7. The molecule has 0 unspecified atom stereocenters. The second-order valence-electron chi connectivity index (χ2n) is 4.91. The van der Waals surface area contributed by atoms with Crippen molar-refractivity contribution in [1.29, 1.82) is 0 Å². The number of rotatable bonds is 1. The normalized spacial score (nSPS) is 30.6. The van der Waals surface area contributed by atoms with Crippen LogP contribution in [0.2, 0.25) is 0 Å². The van der Waals surface area contributed by atoms with Crippen LogP contribution < -0.4 is 0 Å². The molecule has 1 aliphatic rings. The van der Waals surface area contributed by atoms with E-state index in [1.807, 2.05) is 0 Å². The van der Waals surface area contributed by atoms with Crippen LogP contribution in [-0.4, -0.2) is 11.1 Å². The topological polar surface area (TPSA) is 37.3 Å². The van der Waals surface area contributed by atoms with Gasteiger partial charge in [-0.05, 0) is 30.6 Å². The molecule has 0 aromatic heterocycles. The van der Waals surface area contributed by atoms with E-state index in [0.29, 0.717) is 5.92 Å². The van der Waals surface area contributed by atoms with Crippen molar-refractivity contribution >= 4 is 5.97 Å². The minimum atomic E-state index is -0.609. The number of carbonyl (C=O) groups is 1. The van der Waals surface area contributed by atoms with Gasteiger partial charge in [-0.2, -0.15) is 0 Å². The zero-order valence-corrected chi connectivity index (χ0v) is 8.13. The van der Waals surface area contributed by atoms with Crippen LogP contribution in [0.5, 0.6) is 0 Å². The van der Waals surface area contributed by atoms with Crippen LogP contribution in [0.25, 0.3) is 0 Å². The van der Waals surface area contributed by atoms with E-state index in [0.717, 1.165) is 19.3 Å². The summed E-state index contributed by atoms with van der Waals surface area (Å²) in [6.45, 7) is 6.59. The van der Waals surface area contributed by atoms with Crippen LogP contribution in [0.4, 0.5) is 0 Å². The zero-order valence-electron chi connectivity index (χ0n) is 8.13. The summed E-state index contributed by atoms with van der Waals surface area (Å²) in [5.74, 6) is -0.0884. The second kappa shape index (κ2) is 3.08. The fraction of sp³-hybridized carbons (Fsp3) is 0.900. The molecule has 1 fully saturated rings. The maximum absolute atomic E-state index is 10.7. The molecule has 0 saturated heterocycles. The molecule has 0 aromatic carbocycles. The van der Waals surface area contributed by atoms with E-state index >= 15 is 0 Å². The lowest BCUT2D eigenvalue weighted by Crippen LogP contribution is -2.18. The van der Waals surface area contributed by atoms with Gasteiger partial charge in [-0.25, -0.2) is 0 Å². The van der Waals surface area contributed by atoms with Gasteiger partial charge in [0, 0.05) is 0 Å². The van der Waals surface area contributed by atoms with Crippen LogP contribution in [-0.2, 0) is 4.79 Å². The molecule has 1 rings (SSSR count). The van der Waals surface area contributed by atoms with E-state index in [1.54, 1.807) is 0 Å². The summed E-state index contributed by atoms with van der Waals surface area (Å²) >= 11 is 0. The molecule has 0 aromatic rings. The lowest BCUT2D eigenvalue weighted by Gasteiger charge is -2.26. The summed E-state index contributed by atoms with van der Waals surface area (Å²) in [7, 11) is 0. The third kappa shape index (κ3) is 1.99. The summed E-state index contributed by atoms with van der Waals surface area (Å²) in [6.07, 6.45) is 2.83. The molecular weight excluding hydrogens is 152 g/mol. The third-order valence-corrected chi connectivity index (χ3v) is 3.01. The monoisotopic (exact) mass is 170 g/mol. The zero-order chi connectivity index (χ0) is 9.35. The van der Waals surface area contributed by atoms with Crippen molar-refractivity contribution in [2.75, 3.05) is 0 Å². The van der Waals surface area contributed by atoms with Crippen molar-refractivity contribution in [3.05, 3.63) is 0 Å². The molecular formula is C10H18O2. The van der Waals surface area contributed by atoms with Gasteiger partial charge in [-0.15, -0.1) is 0 Å². The first-order chi connectivity index (χ1) is 5.41. The summed E-state index contributed by atoms with van der Waals surface area (Å²) in [5, 5.41) is 8.80. The van der Waals surface area contributed by atoms with Crippen LogP contribution >= 0.6 is 0 Å². The van der Waals surface area contributed by atoms with Crippen molar-refractivity contribution in [3.63, 3.8) is 0 Å². The maximum Gasteiger partial charge on any atom is 0.306 e. The molecule has 0 bridgehead atoms. The summed E-state index contributed by atoms with van der Waals surface area (Å²) in [5.41, 5.74) is 0.282. The minimum absolute atomic E-state index is 0.0748. The molecule has 12 heavy (non-hydrogen) atoms. The Kier molecular flexibility index (Phi) is 2.45. The van der Waals surface area contributed by atoms with Gasteiger partial charge in [0.15, 0.2) is 0 Å². The maximum atomic E-state index is 10.7. The summed E-state index contributed by atoms with van der Waals surface area (Å²) in [6, 6.07) is 0. The van der Waals surface area contributed by atoms with Gasteiger partial charge in [0.25, 0.3) is 0 Å². The molecule has 2 nitrogen and oxygen atoms in total. The van der Waals surface area contributed by atoms with Gasteiger partial charge >= 0.3 is 5.97 Å². The Hall–Kier alpha value is -0.530. The Balaban J connectivity index is 2.51. The van der Waals surface area contributed by atoms with Crippen molar-refractivity contribution in [1.82, 2.24) is 0 Å². The molecule has 0 amide bonds. The predicted octanol–water partition coefficient (Wildman–Crippen LogP) is 2.53. The van der Waals surface area contributed by atoms with Gasteiger partial charge in [0.1, 0.15) is 0 Å². The Morgan fingerprint density at radius 1 is 1.33 bits per heavy atom. The van der Waals surface area contributed by atoms with Gasteiger partial charge in [-0.3, -0.25) is 4.79 Å². The van der Waals surface area contributed by atoms with E-state index < -0.39 is 5.97 Å². The smallest absolute Gasteiger partial charge is 0.306 e. The number of carboxylic acids is 1. The fourth-order valence-electron chi connectivity index (χ4n) is 1.99. The molecule has 1 aliphatic carbocycles. The van der Waals surface area contributed by atoms with Crippen LogP contribution in [0.15, 0.2) is 0 Å². The molecule has 0 aliphatic heterocycles. The molecule has 70 valence electrons. The summed E-state index contributed by atoms with van der Waals surface area (Å²) < 4.78 is 0. The fourth-order valence-corrected chi connectivity index (χ4v) is 1.99. The SMILES string of the molecule is CC(C)(C)[C@@H]1CC[C@@H](C(=O)O)C1. The highest BCUT2D eigenvalue weighted by atomic mass is 16.4. The minimum Gasteiger partial charge on any atom is -0.481 e. The van der Waals surface area contributed by atoms with Gasteiger partial charge in [0.05, 0.1) is 5.92 Å². The van der Waals surface area contributed by atoms with Gasteiger partial charge in [0.2, 0.25) is 0 Å². The Morgan fingerprint density at radius 3 is 2.17 bits per heavy atom. The highest BCUT2D eigenvalue weighted by Gasteiger charge is 2.35. The van der Waals surface area contributed by atoms with Gasteiger partial charge in [-0.1, -0.05) is 20.8 Å². The van der Waals surface area contributed by atoms with E-state index in [4.69, 9.17) is 5.11 Å². The molecule has 1 saturated carbocycles. The molecule has 2 heteroatoms. The molecule has 0 spiro atoms. The second-order valence-corrected chi connectivity index (χ2v) is 4.91. The van der Waals surface area contributed by atoms with Crippen LogP contribution in [0.1, 0.15) is 40.0 Å². The van der Waals surface area contributed by atoms with E-state index in [9.17, 15) is 4.79 Å². The average molecular weight is 170 g/mol. The molecule has 0 heterocycles.